The molecule has 0 spiro atoms. The Labute approximate surface area is 142 Å². The largest absolute Gasteiger partial charge is 0.380 e. The molecule has 7 nitrogen and oxygen atoms in total. The van der Waals surface area contributed by atoms with Gasteiger partial charge in [-0.2, -0.15) is 4.98 Å². The van der Waals surface area contributed by atoms with Crippen LogP contribution in [-0.4, -0.2) is 47.9 Å². The first-order valence-electron chi connectivity index (χ1n) is 8.64. The molecule has 1 aliphatic heterocycles. The summed E-state index contributed by atoms with van der Waals surface area (Å²) in [5.74, 6) is 1.89. The van der Waals surface area contributed by atoms with E-state index in [1.54, 1.807) is 12.0 Å². The number of methoxy groups -OCH3 is 1. The number of ether oxygens (including phenoxy) is 1. The van der Waals surface area contributed by atoms with E-state index in [0.29, 0.717) is 31.5 Å². The van der Waals surface area contributed by atoms with Gasteiger partial charge in [-0.05, 0) is 30.8 Å². The van der Waals surface area contributed by atoms with Crippen molar-refractivity contribution in [2.75, 3.05) is 26.8 Å². The van der Waals surface area contributed by atoms with Crippen molar-refractivity contribution in [3.63, 3.8) is 0 Å². The van der Waals surface area contributed by atoms with E-state index in [0.717, 1.165) is 25.1 Å². The van der Waals surface area contributed by atoms with Gasteiger partial charge in [-0.3, -0.25) is 0 Å². The van der Waals surface area contributed by atoms with Gasteiger partial charge in [0, 0.05) is 26.1 Å². The molecule has 3 rings (SSSR count). The van der Waals surface area contributed by atoms with Gasteiger partial charge < -0.3 is 19.5 Å². The highest BCUT2D eigenvalue weighted by Crippen LogP contribution is 2.38. The van der Waals surface area contributed by atoms with Gasteiger partial charge in [0.15, 0.2) is 5.82 Å². The van der Waals surface area contributed by atoms with Crippen LogP contribution in [0.1, 0.15) is 56.8 Å². The maximum atomic E-state index is 12.6. The maximum Gasteiger partial charge on any atom is 0.318 e. The lowest BCUT2D eigenvalue weighted by Gasteiger charge is -2.29. The summed E-state index contributed by atoms with van der Waals surface area (Å²) in [6.07, 6.45) is 5.16. The topological polar surface area (TPSA) is 80.5 Å². The lowest BCUT2D eigenvalue weighted by Crippen LogP contribution is -2.45. The number of amides is 2. The van der Waals surface area contributed by atoms with Crippen molar-refractivity contribution in [1.82, 2.24) is 20.4 Å². The fraction of sp³-hybridized carbons (Fsp3) is 0.706. The van der Waals surface area contributed by atoms with Crippen LogP contribution in [0.3, 0.4) is 0 Å². The molecule has 7 heteroatoms. The van der Waals surface area contributed by atoms with E-state index in [-0.39, 0.29) is 18.0 Å². The first-order valence-corrected chi connectivity index (χ1v) is 8.64. The second-order valence-corrected chi connectivity index (χ2v) is 6.93. The molecule has 0 bridgehead atoms. The van der Waals surface area contributed by atoms with Gasteiger partial charge in [0.25, 0.3) is 0 Å². The lowest BCUT2D eigenvalue weighted by molar-refractivity contribution is 0.183. The Morgan fingerprint density at radius 3 is 2.88 bits per heavy atom. The van der Waals surface area contributed by atoms with E-state index in [1.165, 1.54) is 5.57 Å². The number of urea groups is 1. The first kappa shape index (κ1) is 17.0. The number of carbonyl (C=O) groups excluding carboxylic acids is 1. The molecule has 0 radical (unpaired) electrons. The Kier molecular flexibility index (Phi) is 5.18. The molecule has 1 N–H and O–H groups in total. The minimum absolute atomic E-state index is 0.0902. The van der Waals surface area contributed by atoms with E-state index in [2.05, 4.69) is 21.5 Å². The molecule has 1 aliphatic carbocycles. The van der Waals surface area contributed by atoms with Gasteiger partial charge in [0.2, 0.25) is 5.89 Å². The number of nitrogens with one attached hydrogen (secondary N) is 1. The molecule has 132 valence electrons. The number of nitrogens with zero attached hydrogens (tertiary/aromatic N) is 3. The number of rotatable bonds is 6. The molecule has 2 aliphatic rings. The average Bonchev–Trinajstić information content (AvgIpc) is 3.31. The molecule has 1 aromatic heterocycles. The normalized spacial score (nSPS) is 19.3. The monoisotopic (exact) mass is 334 g/mol. The standard InChI is InChI=1S/C17H26N4O3/c1-11(2)14(16-19-15(20-24-16)13-4-5-13)18-17(22)21-8-6-12(7-9-21)10-23-3/h6,11,13-14H,4-5,7-10H2,1-3H3,(H,18,22). The second-order valence-electron chi connectivity index (χ2n) is 6.93. The van der Waals surface area contributed by atoms with Gasteiger partial charge >= 0.3 is 6.03 Å². The highest BCUT2D eigenvalue weighted by molar-refractivity contribution is 5.75. The summed E-state index contributed by atoms with van der Waals surface area (Å²) in [6, 6.07) is -0.352. The van der Waals surface area contributed by atoms with Crippen LogP contribution >= 0.6 is 0 Å². The number of hydrogen-bond acceptors (Lipinski definition) is 5. The predicted molar refractivity (Wildman–Crippen MR) is 88.5 cm³/mol. The number of aromatic nitrogens is 2. The molecule has 1 saturated carbocycles. The van der Waals surface area contributed by atoms with Gasteiger partial charge in [-0.25, -0.2) is 4.79 Å². The molecule has 1 atom stereocenters. The van der Waals surface area contributed by atoms with Gasteiger partial charge in [-0.15, -0.1) is 0 Å². The third-order valence-corrected chi connectivity index (χ3v) is 4.53. The van der Waals surface area contributed by atoms with Crippen molar-refractivity contribution < 1.29 is 14.1 Å². The number of hydrogen-bond donors (Lipinski definition) is 1. The zero-order chi connectivity index (χ0) is 17.1. The maximum absolute atomic E-state index is 12.6. The molecule has 1 aromatic rings. The van der Waals surface area contributed by atoms with Crippen molar-refractivity contribution >= 4 is 6.03 Å². The Hall–Kier alpha value is -1.89. The average molecular weight is 334 g/mol. The quantitative estimate of drug-likeness (QED) is 0.809. The third-order valence-electron chi connectivity index (χ3n) is 4.53. The summed E-state index contributed by atoms with van der Waals surface area (Å²) < 4.78 is 10.5. The second kappa shape index (κ2) is 7.34. The summed E-state index contributed by atoms with van der Waals surface area (Å²) >= 11 is 0. The Morgan fingerprint density at radius 1 is 1.50 bits per heavy atom. The molecule has 2 amide bonds. The van der Waals surface area contributed by atoms with E-state index >= 15 is 0 Å². The molecular formula is C17H26N4O3. The van der Waals surface area contributed by atoms with Crippen LogP contribution in [-0.2, 0) is 4.74 Å². The van der Waals surface area contributed by atoms with E-state index in [4.69, 9.17) is 9.26 Å². The zero-order valence-electron chi connectivity index (χ0n) is 14.6. The van der Waals surface area contributed by atoms with Crippen molar-refractivity contribution in [2.24, 2.45) is 5.92 Å². The molecule has 0 aromatic carbocycles. The highest BCUT2D eigenvalue weighted by Gasteiger charge is 2.32. The van der Waals surface area contributed by atoms with Crippen LogP contribution in [0.5, 0.6) is 0 Å². The predicted octanol–water partition coefficient (Wildman–Crippen LogP) is 2.63. The van der Waals surface area contributed by atoms with Crippen LogP contribution in [0.25, 0.3) is 0 Å². The minimum Gasteiger partial charge on any atom is -0.380 e. The fourth-order valence-corrected chi connectivity index (χ4v) is 2.83. The Balaban J connectivity index is 1.61. The van der Waals surface area contributed by atoms with Crippen molar-refractivity contribution in [1.29, 1.82) is 0 Å². The summed E-state index contributed by atoms with van der Waals surface area (Å²) in [6.45, 7) is 6.02. The van der Waals surface area contributed by atoms with Gasteiger partial charge in [-0.1, -0.05) is 25.1 Å². The lowest BCUT2D eigenvalue weighted by atomic mass is 10.0. The van der Waals surface area contributed by atoms with E-state index in [9.17, 15) is 4.79 Å². The Bertz CT molecular complexity index is 607. The number of carbonyl (C=O) groups is 1. The molecule has 2 heterocycles. The Morgan fingerprint density at radius 2 is 2.29 bits per heavy atom. The van der Waals surface area contributed by atoms with Crippen LogP contribution < -0.4 is 5.32 Å². The van der Waals surface area contributed by atoms with Crippen molar-refractivity contribution in [3.05, 3.63) is 23.4 Å². The van der Waals surface area contributed by atoms with E-state index < -0.39 is 0 Å². The van der Waals surface area contributed by atoms with Gasteiger partial charge in [0.1, 0.15) is 6.04 Å². The zero-order valence-corrected chi connectivity index (χ0v) is 14.6. The minimum atomic E-state index is -0.262. The summed E-state index contributed by atoms with van der Waals surface area (Å²) in [5.41, 5.74) is 1.24. The molecule has 1 fully saturated rings. The highest BCUT2D eigenvalue weighted by atomic mass is 16.5. The van der Waals surface area contributed by atoms with Crippen molar-refractivity contribution in [2.45, 2.75) is 45.1 Å². The van der Waals surface area contributed by atoms with Crippen molar-refractivity contribution in [3.8, 4) is 0 Å². The smallest absolute Gasteiger partial charge is 0.318 e. The van der Waals surface area contributed by atoms with E-state index in [1.807, 2.05) is 13.8 Å². The fourth-order valence-electron chi connectivity index (χ4n) is 2.83. The van der Waals surface area contributed by atoms with Crippen LogP contribution in [0, 0.1) is 5.92 Å². The molecule has 1 unspecified atom stereocenters. The SMILES string of the molecule is COCC1=CCN(C(=O)NC(c2nc(C3CC3)no2)C(C)C)CC1. The third kappa shape index (κ3) is 3.95. The molecule has 0 saturated heterocycles. The molecular weight excluding hydrogens is 308 g/mol. The summed E-state index contributed by atoms with van der Waals surface area (Å²) in [7, 11) is 1.69. The van der Waals surface area contributed by atoms with Crippen LogP contribution in [0.4, 0.5) is 4.79 Å². The van der Waals surface area contributed by atoms with Gasteiger partial charge in [0.05, 0.1) is 6.61 Å². The van der Waals surface area contributed by atoms with Crippen LogP contribution in [0.2, 0.25) is 0 Å². The molecule has 24 heavy (non-hydrogen) atoms. The summed E-state index contributed by atoms with van der Waals surface area (Å²) in [5, 5.41) is 7.11. The summed E-state index contributed by atoms with van der Waals surface area (Å²) in [4.78, 5) is 18.9. The van der Waals surface area contributed by atoms with Crippen LogP contribution in [0.15, 0.2) is 16.2 Å². The first-order chi connectivity index (χ1) is 11.6.